The molecule has 106 valence electrons. The highest BCUT2D eigenvalue weighted by atomic mass is 16.5. The van der Waals surface area contributed by atoms with Gasteiger partial charge in [-0.15, -0.1) is 0 Å². The Kier molecular flexibility index (Phi) is 6.25. The van der Waals surface area contributed by atoms with Crippen molar-refractivity contribution in [1.82, 2.24) is 0 Å². The van der Waals surface area contributed by atoms with E-state index in [0.29, 0.717) is 5.92 Å². The van der Waals surface area contributed by atoms with Crippen molar-refractivity contribution in [3.05, 3.63) is 12.8 Å². The third kappa shape index (κ3) is 4.03. The van der Waals surface area contributed by atoms with Crippen LogP contribution in [-0.4, -0.2) is 6.10 Å². The summed E-state index contributed by atoms with van der Waals surface area (Å²) in [5, 5.41) is 0. The van der Waals surface area contributed by atoms with Gasteiger partial charge in [-0.3, -0.25) is 0 Å². The van der Waals surface area contributed by atoms with E-state index in [1.54, 1.807) is 6.26 Å². The smallest absolute Gasteiger partial charge is 0.0978 e. The average molecular weight is 252 g/mol. The first-order valence-corrected chi connectivity index (χ1v) is 7.73. The van der Waals surface area contributed by atoms with Crippen LogP contribution >= 0.6 is 0 Å². The Hall–Kier alpha value is -0.460. The van der Waals surface area contributed by atoms with Gasteiger partial charge in [-0.2, -0.15) is 0 Å². The first-order chi connectivity index (χ1) is 8.47. The molecule has 18 heavy (non-hydrogen) atoms. The molecule has 1 aliphatic carbocycles. The van der Waals surface area contributed by atoms with Gasteiger partial charge in [0, 0.05) is 0 Å². The Bertz CT molecular complexity index is 240. The first kappa shape index (κ1) is 15.6. The molecule has 1 heteroatoms. The molecule has 0 aromatic heterocycles. The maximum Gasteiger partial charge on any atom is 0.0978 e. The van der Waals surface area contributed by atoms with Gasteiger partial charge in [0.25, 0.3) is 0 Å². The number of ether oxygens (including phenoxy) is 1. The van der Waals surface area contributed by atoms with Gasteiger partial charge in [0.1, 0.15) is 0 Å². The highest BCUT2D eigenvalue weighted by Gasteiger charge is 2.31. The van der Waals surface area contributed by atoms with Gasteiger partial charge in [-0.1, -0.05) is 47.1 Å². The maximum absolute atomic E-state index is 5.54. The summed E-state index contributed by atoms with van der Waals surface area (Å²) < 4.78 is 5.54. The molecule has 4 atom stereocenters. The second-order valence-corrected chi connectivity index (χ2v) is 6.61. The second-order valence-electron chi connectivity index (χ2n) is 6.61. The van der Waals surface area contributed by atoms with Crippen molar-refractivity contribution in [2.75, 3.05) is 0 Å². The molecule has 1 rings (SSSR count). The molecule has 0 amide bonds. The standard InChI is InChI=1S/C17H32O/c1-7-18-16(6)14(4)13(3)15(5)17-10-8-12(2)9-11-17/h7,12-17H,1,8-11H2,2-6H3. The van der Waals surface area contributed by atoms with Crippen LogP contribution in [0, 0.1) is 29.6 Å². The molecule has 1 saturated carbocycles. The third-order valence-corrected chi connectivity index (χ3v) is 5.51. The van der Waals surface area contributed by atoms with Gasteiger partial charge in [0.15, 0.2) is 0 Å². The van der Waals surface area contributed by atoms with Crippen LogP contribution in [0.3, 0.4) is 0 Å². The third-order valence-electron chi connectivity index (χ3n) is 5.51. The lowest BCUT2D eigenvalue weighted by molar-refractivity contribution is 0.0492. The molecule has 1 fully saturated rings. The van der Waals surface area contributed by atoms with Crippen LogP contribution in [0.2, 0.25) is 0 Å². The minimum Gasteiger partial charge on any atom is -0.499 e. The molecule has 0 aliphatic heterocycles. The molecule has 1 aliphatic rings. The van der Waals surface area contributed by atoms with Crippen LogP contribution in [0.25, 0.3) is 0 Å². The number of rotatable bonds is 6. The van der Waals surface area contributed by atoms with Gasteiger partial charge in [0.2, 0.25) is 0 Å². The maximum atomic E-state index is 5.54. The largest absolute Gasteiger partial charge is 0.499 e. The van der Waals surface area contributed by atoms with E-state index in [0.717, 1.165) is 23.7 Å². The summed E-state index contributed by atoms with van der Waals surface area (Å²) in [6.07, 6.45) is 7.57. The zero-order chi connectivity index (χ0) is 13.7. The molecule has 1 nitrogen and oxygen atoms in total. The Morgan fingerprint density at radius 2 is 1.56 bits per heavy atom. The van der Waals surface area contributed by atoms with E-state index in [4.69, 9.17) is 4.74 Å². The Morgan fingerprint density at radius 1 is 1.00 bits per heavy atom. The van der Waals surface area contributed by atoms with E-state index in [-0.39, 0.29) is 6.10 Å². The first-order valence-electron chi connectivity index (χ1n) is 7.73. The fraction of sp³-hybridized carbons (Fsp3) is 0.882. The molecule has 4 unspecified atom stereocenters. The van der Waals surface area contributed by atoms with E-state index in [1.807, 2.05) is 0 Å². The summed E-state index contributed by atoms with van der Waals surface area (Å²) in [5.41, 5.74) is 0. The SMILES string of the molecule is C=COC(C)C(C)C(C)C(C)C1CCC(C)CC1. The minimum absolute atomic E-state index is 0.280. The summed E-state index contributed by atoms with van der Waals surface area (Å²) >= 11 is 0. The normalized spacial score (nSPS) is 31.2. The zero-order valence-electron chi connectivity index (χ0n) is 13.0. The van der Waals surface area contributed by atoms with E-state index >= 15 is 0 Å². The molecule has 0 saturated heterocycles. The van der Waals surface area contributed by atoms with Crippen molar-refractivity contribution >= 4 is 0 Å². The molecule has 0 heterocycles. The van der Waals surface area contributed by atoms with Crippen molar-refractivity contribution in [2.24, 2.45) is 29.6 Å². The molecule has 0 bridgehead atoms. The highest BCUT2D eigenvalue weighted by Crippen LogP contribution is 2.39. The summed E-state index contributed by atoms with van der Waals surface area (Å²) in [5.74, 6) is 4.00. The monoisotopic (exact) mass is 252 g/mol. The van der Waals surface area contributed by atoms with E-state index in [9.17, 15) is 0 Å². The average Bonchev–Trinajstić information content (AvgIpc) is 2.37. The van der Waals surface area contributed by atoms with Gasteiger partial charge in [-0.05, 0) is 49.4 Å². The predicted octanol–water partition coefficient (Wildman–Crippen LogP) is 5.27. The zero-order valence-corrected chi connectivity index (χ0v) is 13.0. The van der Waals surface area contributed by atoms with Crippen molar-refractivity contribution in [2.45, 2.75) is 66.4 Å². The van der Waals surface area contributed by atoms with Crippen LogP contribution in [-0.2, 0) is 4.74 Å². The van der Waals surface area contributed by atoms with Crippen molar-refractivity contribution in [1.29, 1.82) is 0 Å². The molecule has 0 spiro atoms. The summed E-state index contributed by atoms with van der Waals surface area (Å²) in [6.45, 7) is 15.4. The summed E-state index contributed by atoms with van der Waals surface area (Å²) in [6, 6.07) is 0. The van der Waals surface area contributed by atoms with Gasteiger partial charge in [-0.25, -0.2) is 0 Å². The molecule has 0 aromatic rings. The van der Waals surface area contributed by atoms with Crippen LogP contribution in [0.4, 0.5) is 0 Å². The van der Waals surface area contributed by atoms with Gasteiger partial charge >= 0.3 is 0 Å². The van der Waals surface area contributed by atoms with Crippen LogP contribution in [0.5, 0.6) is 0 Å². The lowest BCUT2D eigenvalue weighted by Crippen LogP contribution is -2.31. The van der Waals surface area contributed by atoms with Crippen molar-refractivity contribution in [3.8, 4) is 0 Å². The molecule has 0 radical (unpaired) electrons. The van der Waals surface area contributed by atoms with Crippen LogP contribution < -0.4 is 0 Å². The Labute approximate surface area is 114 Å². The second kappa shape index (κ2) is 7.21. The fourth-order valence-corrected chi connectivity index (χ4v) is 3.42. The lowest BCUT2D eigenvalue weighted by atomic mass is 9.69. The minimum atomic E-state index is 0.280. The number of hydrogen-bond donors (Lipinski definition) is 0. The van der Waals surface area contributed by atoms with Crippen molar-refractivity contribution < 1.29 is 4.74 Å². The van der Waals surface area contributed by atoms with Gasteiger partial charge < -0.3 is 4.74 Å². The quantitative estimate of drug-likeness (QED) is 0.585. The Morgan fingerprint density at radius 3 is 2.06 bits per heavy atom. The summed E-state index contributed by atoms with van der Waals surface area (Å²) in [7, 11) is 0. The molecular formula is C17H32O. The molecular weight excluding hydrogens is 220 g/mol. The Balaban J connectivity index is 2.49. The summed E-state index contributed by atoms with van der Waals surface area (Å²) in [4.78, 5) is 0. The van der Waals surface area contributed by atoms with Crippen LogP contribution in [0.1, 0.15) is 60.3 Å². The topological polar surface area (TPSA) is 9.23 Å². The fourth-order valence-electron chi connectivity index (χ4n) is 3.42. The molecule has 0 N–H and O–H groups in total. The molecule has 0 aromatic carbocycles. The van der Waals surface area contributed by atoms with E-state index in [2.05, 4.69) is 41.2 Å². The van der Waals surface area contributed by atoms with Gasteiger partial charge in [0.05, 0.1) is 12.4 Å². The van der Waals surface area contributed by atoms with E-state index < -0.39 is 0 Å². The lowest BCUT2D eigenvalue weighted by Gasteiger charge is -2.37. The van der Waals surface area contributed by atoms with Crippen LogP contribution in [0.15, 0.2) is 12.8 Å². The van der Waals surface area contributed by atoms with Crippen molar-refractivity contribution in [3.63, 3.8) is 0 Å². The predicted molar refractivity (Wildman–Crippen MR) is 79.4 cm³/mol. The highest BCUT2D eigenvalue weighted by molar-refractivity contribution is 4.81. The van der Waals surface area contributed by atoms with E-state index in [1.165, 1.54) is 25.7 Å². The number of hydrogen-bond acceptors (Lipinski definition) is 1.